The van der Waals surface area contributed by atoms with Crippen LogP contribution in [0.15, 0.2) is 18.2 Å². The van der Waals surface area contributed by atoms with Crippen molar-refractivity contribution in [3.8, 4) is 0 Å². The smallest absolute Gasteiger partial charge is 0.418 e. The zero-order chi connectivity index (χ0) is 16.4. The third-order valence-electron chi connectivity index (χ3n) is 3.46. The molecular weight excluding hydrogens is 283 g/mol. The number of halogens is 3. The molecule has 0 saturated heterocycles. The first kappa shape index (κ1) is 17.3. The highest BCUT2D eigenvalue weighted by molar-refractivity contribution is 5.79. The number of alkyl halides is 3. The first-order valence-electron chi connectivity index (χ1n) is 6.74. The van der Waals surface area contributed by atoms with Crippen LogP contribution in [-0.2, 0) is 11.0 Å². The fourth-order valence-corrected chi connectivity index (χ4v) is 2.66. The molecule has 2 unspecified atom stereocenters. The SMILES string of the molecule is CC(C)CC(C)C(C(=O)O)c1cccc(C(F)(F)F)c1N. The summed E-state index contributed by atoms with van der Waals surface area (Å²) < 4.78 is 38.6. The second kappa shape index (κ2) is 6.37. The van der Waals surface area contributed by atoms with E-state index in [1.165, 1.54) is 12.1 Å². The van der Waals surface area contributed by atoms with Gasteiger partial charge in [0.1, 0.15) is 0 Å². The molecule has 0 heterocycles. The van der Waals surface area contributed by atoms with E-state index in [9.17, 15) is 23.1 Å². The van der Waals surface area contributed by atoms with Crippen LogP contribution in [0.25, 0.3) is 0 Å². The Balaban J connectivity index is 3.31. The van der Waals surface area contributed by atoms with Gasteiger partial charge in [-0.25, -0.2) is 0 Å². The number of carbonyl (C=O) groups is 1. The van der Waals surface area contributed by atoms with Gasteiger partial charge in [0.15, 0.2) is 0 Å². The largest absolute Gasteiger partial charge is 0.481 e. The van der Waals surface area contributed by atoms with Gasteiger partial charge in [-0.05, 0) is 29.9 Å². The highest BCUT2D eigenvalue weighted by atomic mass is 19.4. The van der Waals surface area contributed by atoms with E-state index in [2.05, 4.69) is 0 Å². The predicted octanol–water partition coefficient (Wildman–Crippen LogP) is 4.14. The van der Waals surface area contributed by atoms with Crippen molar-refractivity contribution in [3.63, 3.8) is 0 Å². The maximum atomic E-state index is 12.9. The summed E-state index contributed by atoms with van der Waals surface area (Å²) in [5.74, 6) is -2.27. The molecular formula is C15H20F3NO2. The summed E-state index contributed by atoms with van der Waals surface area (Å²) in [4.78, 5) is 11.5. The van der Waals surface area contributed by atoms with Crippen molar-refractivity contribution in [1.29, 1.82) is 0 Å². The number of hydrogen-bond acceptors (Lipinski definition) is 2. The minimum absolute atomic E-state index is 0.0328. The van der Waals surface area contributed by atoms with Gasteiger partial charge in [-0.1, -0.05) is 32.9 Å². The van der Waals surface area contributed by atoms with E-state index in [4.69, 9.17) is 5.73 Å². The van der Waals surface area contributed by atoms with Crippen molar-refractivity contribution < 1.29 is 23.1 Å². The van der Waals surface area contributed by atoms with Crippen LogP contribution in [-0.4, -0.2) is 11.1 Å². The Kier molecular flexibility index (Phi) is 5.25. The Morgan fingerprint density at radius 1 is 1.29 bits per heavy atom. The Morgan fingerprint density at radius 3 is 2.29 bits per heavy atom. The van der Waals surface area contributed by atoms with Crippen molar-refractivity contribution in [3.05, 3.63) is 29.3 Å². The van der Waals surface area contributed by atoms with Crippen molar-refractivity contribution in [2.75, 3.05) is 5.73 Å². The molecule has 1 rings (SSSR count). The van der Waals surface area contributed by atoms with E-state index in [-0.39, 0.29) is 17.4 Å². The average Bonchev–Trinajstić information content (AvgIpc) is 2.28. The number of benzene rings is 1. The third kappa shape index (κ3) is 4.12. The minimum Gasteiger partial charge on any atom is -0.481 e. The van der Waals surface area contributed by atoms with E-state index in [1.807, 2.05) is 13.8 Å². The minimum atomic E-state index is -4.59. The number of nitrogens with two attached hydrogens (primary N) is 1. The van der Waals surface area contributed by atoms with Crippen molar-refractivity contribution >= 4 is 11.7 Å². The third-order valence-corrected chi connectivity index (χ3v) is 3.46. The quantitative estimate of drug-likeness (QED) is 0.804. The van der Waals surface area contributed by atoms with Gasteiger partial charge < -0.3 is 10.8 Å². The number of hydrogen-bond donors (Lipinski definition) is 2. The van der Waals surface area contributed by atoms with Crippen molar-refractivity contribution in [2.45, 2.75) is 39.3 Å². The van der Waals surface area contributed by atoms with E-state index < -0.39 is 29.3 Å². The molecule has 0 amide bonds. The van der Waals surface area contributed by atoms with Crippen molar-refractivity contribution in [1.82, 2.24) is 0 Å². The lowest BCUT2D eigenvalue weighted by atomic mass is 9.81. The van der Waals surface area contributed by atoms with Crippen LogP contribution in [0.3, 0.4) is 0 Å². The molecule has 0 aliphatic rings. The molecule has 0 aromatic heterocycles. The molecule has 0 fully saturated rings. The summed E-state index contributed by atoms with van der Waals surface area (Å²) in [5, 5.41) is 9.39. The van der Waals surface area contributed by atoms with Crippen molar-refractivity contribution in [2.24, 2.45) is 11.8 Å². The Hall–Kier alpha value is -1.72. The summed E-state index contributed by atoms with van der Waals surface area (Å²) in [6.45, 7) is 5.59. The standard InChI is InChI=1S/C15H20F3NO2/c1-8(2)7-9(3)12(14(20)21)10-5-4-6-11(13(10)19)15(16,17)18/h4-6,8-9,12H,7,19H2,1-3H3,(H,20,21). The number of carboxylic acid groups (broad SMARTS) is 1. The van der Waals surface area contributed by atoms with Gasteiger partial charge >= 0.3 is 12.1 Å². The number of anilines is 1. The lowest BCUT2D eigenvalue weighted by molar-refractivity contribution is -0.141. The molecule has 0 aliphatic carbocycles. The highest BCUT2D eigenvalue weighted by Crippen LogP contribution is 2.40. The maximum absolute atomic E-state index is 12.9. The molecule has 6 heteroatoms. The highest BCUT2D eigenvalue weighted by Gasteiger charge is 2.36. The molecule has 3 nitrogen and oxygen atoms in total. The van der Waals surface area contributed by atoms with Crippen LogP contribution >= 0.6 is 0 Å². The number of para-hydroxylation sites is 1. The van der Waals surface area contributed by atoms with E-state index >= 15 is 0 Å². The first-order chi connectivity index (χ1) is 9.55. The van der Waals surface area contributed by atoms with Crippen LogP contribution in [0.4, 0.5) is 18.9 Å². The lowest BCUT2D eigenvalue weighted by Gasteiger charge is -2.24. The monoisotopic (exact) mass is 303 g/mol. The molecule has 0 spiro atoms. The lowest BCUT2D eigenvalue weighted by Crippen LogP contribution is -2.23. The molecule has 21 heavy (non-hydrogen) atoms. The number of aliphatic carboxylic acids is 1. The maximum Gasteiger partial charge on any atom is 0.418 e. The molecule has 3 N–H and O–H groups in total. The van der Waals surface area contributed by atoms with Gasteiger partial charge in [0.25, 0.3) is 0 Å². The van der Waals surface area contributed by atoms with Gasteiger partial charge in [-0.2, -0.15) is 13.2 Å². The van der Waals surface area contributed by atoms with Crippen LogP contribution in [0.5, 0.6) is 0 Å². The number of nitrogen functional groups attached to an aromatic ring is 1. The fraction of sp³-hybridized carbons (Fsp3) is 0.533. The van der Waals surface area contributed by atoms with Gasteiger partial charge in [0.2, 0.25) is 0 Å². The Labute approximate surface area is 122 Å². The molecule has 1 aromatic rings. The topological polar surface area (TPSA) is 63.3 Å². The Bertz CT molecular complexity index is 512. The second-order valence-corrected chi connectivity index (χ2v) is 5.73. The number of rotatable bonds is 5. The molecule has 0 radical (unpaired) electrons. The average molecular weight is 303 g/mol. The second-order valence-electron chi connectivity index (χ2n) is 5.73. The summed E-state index contributed by atoms with van der Waals surface area (Å²) in [6.07, 6.45) is -4.00. The van der Waals surface area contributed by atoms with E-state index in [0.717, 1.165) is 6.07 Å². The van der Waals surface area contributed by atoms with Gasteiger partial charge in [-0.15, -0.1) is 0 Å². The van der Waals surface area contributed by atoms with Crippen LogP contribution in [0.2, 0.25) is 0 Å². The van der Waals surface area contributed by atoms with Crippen LogP contribution < -0.4 is 5.73 Å². The summed E-state index contributed by atoms with van der Waals surface area (Å²) in [5.41, 5.74) is 4.15. The molecule has 0 saturated carbocycles. The van der Waals surface area contributed by atoms with Crippen LogP contribution in [0, 0.1) is 11.8 Å². The van der Waals surface area contributed by atoms with E-state index in [1.54, 1.807) is 6.92 Å². The molecule has 1 aromatic carbocycles. The predicted molar refractivity (Wildman–Crippen MR) is 74.9 cm³/mol. The number of carboxylic acids is 1. The first-order valence-corrected chi connectivity index (χ1v) is 6.74. The summed E-state index contributed by atoms with van der Waals surface area (Å²) in [6, 6.07) is 3.43. The van der Waals surface area contributed by atoms with E-state index in [0.29, 0.717) is 6.42 Å². The summed E-state index contributed by atoms with van der Waals surface area (Å²) in [7, 11) is 0. The van der Waals surface area contributed by atoms with Gasteiger partial charge in [-0.3, -0.25) is 4.79 Å². The zero-order valence-corrected chi connectivity index (χ0v) is 12.2. The van der Waals surface area contributed by atoms with Gasteiger partial charge in [0, 0.05) is 5.69 Å². The Morgan fingerprint density at radius 2 is 1.86 bits per heavy atom. The fourth-order valence-electron chi connectivity index (χ4n) is 2.66. The normalized spacial score (nSPS) is 15.0. The molecule has 0 aliphatic heterocycles. The molecule has 2 atom stereocenters. The van der Waals surface area contributed by atoms with Crippen LogP contribution in [0.1, 0.15) is 44.2 Å². The zero-order valence-electron chi connectivity index (χ0n) is 12.2. The molecule has 0 bridgehead atoms. The molecule has 118 valence electrons. The summed E-state index contributed by atoms with van der Waals surface area (Å²) >= 11 is 0. The van der Waals surface area contributed by atoms with Gasteiger partial charge in [0.05, 0.1) is 11.5 Å².